The summed E-state index contributed by atoms with van der Waals surface area (Å²) in [6, 6.07) is 4.39. The Bertz CT molecular complexity index is 769. The fourth-order valence-corrected chi connectivity index (χ4v) is 2.97. The van der Waals surface area contributed by atoms with E-state index in [-0.39, 0.29) is 23.4 Å². The number of halogens is 2. The predicted molar refractivity (Wildman–Crippen MR) is 108 cm³/mol. The molecule has 0 spiro atoms. The van der Waals surface area contributed by atoms with Crippen LogP contribution < -0.4 is 14.8 Å². The first-order chi connectivity index (χ1) is 14.1. The summed E-state index contributed by atoms with van der Waals surface area (Å²) in [5.41, 5.74) is 0.0566. The molecule has 1 aromatic rings. The van der Waals surface area contributed by atoms with E-state index in [1.54, 1.807) is 37.8 Å². The molecule has 1 aliphatic heterocycles. The van der Waals surface area contributed by atoms with E-state index in [2.05, 4.69) is 10.1 Å². The number of likely N-dealkylation sites (tertiary alicyclic amines) is 1. The molecule has 30 heavy (non-hydrogen) atoms. The lowest BCUT2D eigenvalue weighted by Gasteiger charge is -2.32. The number of methoxy groups -OCH3 is 1. The van der Waals surface area contributed by atoms with Gasteiger partial charge in [-0.2, -0.15) is 8.78 Å². The van der Waals surface area contributed by atoms with Gasteiger partial charge in [-0.3, -0.25) is 4.79 Å². The number of alkyl carbamates (subject to hydrolysis) is 1. The van der Waals surface area contributed by atoms with Crippen molar-refractivity contribution in [3.63, 3.8) is 0 Å². The van der Waals surface area contributed by atoms with E-state index in [1.807, 2.05) is 0 Å². The third-order valence-electron chi connectivity index (χ3n) is 4.35. The van der Waals surface area contributed by atoms with Crippen LogP contribution in [0.5, 0.6) is 11.5 Å². The molecule has 1 fully saturated rings. The highest BCUT2D eigenvalue weighted by atomic mass is 19.3. The molecule has 0 saturated carbocycles. The lowest BCUT2D eigenvalue weighted by atomic mass is 10.1. The summed E-state index contributed by atoms with van der Waals surface area (Å²) in [4.78, 5) is 26.0. The van der Waals surface area contributed by atoms with E-state index in [1.165, 1.54) is 25.3 Å². The first kappa shape index (κ1) is 23.4. The summed E-state index contributed by atoms with van der Waals surface area (Å²) >= 11 is 0. The van der Waals surface area contributed by atoms with Gasteiger partial charge in [0.2, 0.25) is 5.91 Å². The fourth-order valence-electron chi connectivity index (χ4n) is 2.97. The fraction of sp³-hybridized carbons (Fsp3) is 0.524. The van der Waals surface area contributed by atoms with Gasteiger partial charge in [0.05, 0.1) is 7.11 Å². The number of benzene rings is 1. The van der Waals surface area contributed by atoms with Crippen LogP contribution in [0.1, 0.15) is 39.2 Å². The van der Waals surface area contributed by atoms with Gasteiger partial charge in [-0.25, -0.2) is 4.79 Å². The summed E-state index contributed by atoms with van der Waals surface area (Å²) < 4.78 is 39.5. The minimum Gasteiger partial charge on any atom is -0.493 e. The number of hydrogen-bond acceptors (Lipinski definition) is 5. The Kier molecular flexibility index (Phi) is 8.02. The van der Waals surface area contributed by atoms with Crippen LogP contribution >= 0.6 is 0 Å². The van der Waals surface area contributed by atoms with Crippen molar-refractivity contribution in [1.82, 2.24) is 10.2 Å². The minimum atomic E-state index is -2.95. The molecule has 2 amide bonds. The maximum Gasteiger partial charge on any atom is 0.407 e. The smallest absolute Gasteiger partial charge is 0.407 e. The second-order valence-corrected chi connectivity index (χ2v) is 7.87. The topological polar surface area (TPSA) is 77.1 Å². The summed E-state index contributed by atoms with van der Waals surface area (Å²) in [7, 11) is 1.35. The molecule has 166 valence electrons. The molecule has 1 heterocycles. The molecule has 2 rings (SSSR count). The number of hydrogen-bond donors (Lipinski definition) is 1. The lowest BCUT2D eigenvalue weighted by molar-refractivity contribution is -0.127. The van der Waals surface area contributed by atoms with Gasteiger partial charge >= 0.3 is 12.7 Å². The van der Waals surface area contributed by atoms with Crippen LogP contribution in [0.2, 0.25) is 0 Å². The third kappa shape index (κ3) is 7.53. The number of alkyl halides is 2. The standard InChI is InChI=1S/C21H28F2N2O5/c1-21(2,3)30-20(27)24-15-9-11-25(12-10-15)18(26)8-6-14-5-7-16(29-19(22)23)17(13-14)28-4/h5-8,13,15,19H,9-12H2,1-4H3,(H,24,27)/b8-6+. The predicted octanol–water partition coefficient (Wildman–Crippen LogP) is 3.83. The number of carbonyl (C=O) groups excluding carboxylic acids is 2. The van der Waals surface area contributed by atoms with Gasteiger partial charge in [-0.15, -0.1) is 0 Å². The first-order valence-corrected chi connectivity index (χ1v) is 9.67. The van der Waals surface area contributed by atoms with E-state index in [0.29, 0.717) is 31.5 Å². The Balaban J connectivity index is 1.87. The number of nitrogens with one attached hydrogen (secondary N) is 1. The second-order valence-electron chi connectivity index (χ2n) is 7.87. The number of piperidine rings is 1. The zero-order valence-electron chi connectivity index (χ0n) is 17.6. The van der Waals surface area contributed by atoms with Gasteiger partial charge in [0.1, 0.15) is 5.60 Å². The monoisotopic (exact) mass is 426 g/mol. The number of ether oxygens (including phenoxy) is 3. The molecule has 9 heteroatoms. The highest BCUT2D eigenvalue weighted by molar-refractivity contribution is 5.92. The highest BCUT2D eigenvalue weighted by Gasteiger charge is 2.25. The molecule has 7 nitrogen and oxygen atoms in total. The zero-order valence-corrected chi connectivity index (χ0v) is 17.6. The maximum absolute atomic E-state index is 12.4. The number of nitrogens with zero attached hydrogens (tertiary/aromatic N) is 1. The Morgan fingerprint density at radius 3 is 2.43 bits per heavy atom. The number of rotatable bonds is 6. The van der Waals surface area contributed by atoms with Gasteiger partial charge in [-0.1, -0.05) is 6.07 Å². The molecule has 0 aromatic heterocycles. The largest absolute Gasteiger partial charge is 0.493 e. The summed E-state index contributed by atoms with van der Waals surface area (Å²) in [5.74, 6) is -0.0907. The van der Waals surface area contributed by atoms with Gasteiger partial charge in [0.15, 0.2) is 11.5 Å². The minimum absolute atomic E-state index is 0.0421. The maximum atomic E-state index is 12.4. The Morgan fingerprint density at radius 2 is 1.87 bits per heavy atom. The van der Waals surface area contributed by atoms with E-state index in [4.69, 9.17) is 9.47 Å². The molecule has 1 saturated heterocycles. The van der Waals surface area contributed by atoms with E-state index >= 15 is 0 Å². The Hall–Kier alpha value is -2.84. The van der Waals surface area contributed by atoms with Crippen molar-refractivity contribution in [2.75, 3.05) is 20.2 Å². The van der Waals surface area contributed by atoms with E-state index in [0.717, 1.165) is 0 Å². The van der Waals surface area contributed by atoms with Gasteiger partial charge in [-0.05, 0) is 57.4 Å². The third-order valence-corrected chi connectivity index (χ3v) is 4.35. The molecule has 0 bridgehead atoms. The average molecular weight is 426 g/mol. The average Bonchev–Trinajstić information content (AvgIpc) is 2.65. The highest BCUT2D eigenvalue weighted by Crippen LogP contribution is 2.29. The van der Waals surface area contributed by atoms with Crippen LogP contribution in [0.4, 0.5) is 13.6 Å². The first-order valence-electron chi connectivity index (χ1n) is 9.67. The molecule has 0 aliphatic carbocycles. The van der Waals surface area contributed by atoms with Crippen molar-refractivity contribution < 1.29 is 32.6 Å². The molecular formula is C21H28F2N2O5. The lowest BCUT2D eigenvalue weighted by Crippen LogP contribution is -2.47. The van der Waals surface area contributed by atoms with E-state index in [9.17, 15) is 18.4 Å². The molecule has 1 aliphatic rings. The van der Waals surface area contributed by atoms with Crippen molar-refractivity contribution in [2.45, 2.75) is 51.9 Å². The number of carbonyl (C=O) groups is 2. The number of amides is 2. The SMILES string of the molecule is COc1cc(/C=C/C(=O)N2CCC(NC(=O)OC(C)(C)C)CC2)ccc1OC(F)F. The quantitative estimate of drug-likeness (QED) is 0.700. The normalized spacial score (nSPS) is 15.4. The van der Waals surface area contributed by atoms with Crippen LogP contribution in [0.3, 0.4) is 0 Å². The summed E-state index contributed by atoms with van der Waals surface area (Å²) in [5, 5.41) is 2.83. The molecule has 0 unspecified atom stereocenters. The Morgan fingerprint density at radius 1 is 1.20 bits per heavy atom. The van der Waals surface area contributed by atoms with Crippen LogP contribution in [-0.4, -0.2) is 55.4 Å². The van der Waals surface area contributed by atoms with Crippen LogP contribution in [0, 0.1) is 0 Å². The van der Waals surface area contributed by atoms with Crippen LogP contribution in [0.25, 0.3) is 6.08 Å². The molecule has 1 aromatic carbocycles. The van der Waals surface area contributed by atoms with Crippen molar-refractivity contribution in [3.05, 3.63) is 29.8 Å². The van der Waals surface area contributed by atoms with Crippen LogP contribution in [0.15, 0.2) is 24.3 Å². The van der Waals surface area contributed by atoms with Gasteiger partial charge < -0.3 is 24.4 Å². The summed E-state index contributed by atoms with van der Waals surface area (Å²) in [6.45, 7) is 3.47. The summed E-state index contributed by atoms with van der Waals surface area (Å²) in [6.07, 6.45) is 3.81. The van der Waals surface area contributed by atoms with Crippen molar-refractivity contribution >= 4 is 18.1 Å². The van der Waals surface area contributed by atoms with Gasteiger partial charge in [0, 0.05) is 25.2 Å². The molecular weight excluding hydrogens is 398 g/mol. The zero-order chi connectivity index (χ0) is 22.3. The molecule has 0 radical (unpaired) electrons. The van der Waals surface area contributed by atoms with Gasteiger partial charge in [0.25, 0.3) is 0 Å². The van der Waals surface area contributed by atoms with Crippen molar-refractivity contribution in [2.24, 2.45) is 0 Å². The molecule has 0 atom stereocenters. The van der Waals surface area contributed by atoms with Crippen LogP contribution in [-0.2, 0) is 9.53 Å². The Labute approximate surface area is 175 Å². The van der Waals surface area contributed by atoms with Crippen molar-refractivity contribution in [3.8, 4) is 11.5 Å². The van der Waals surface area contributed by atoms with Crippen molar-refractivity contribution in [1.29, 1.82) is 0 Å². The van der Waals surface area contributed by atoms with E-state index < -0.39 is 18.3 Å². The molecule has 1 N–H and O–H groups in total. The second kappa shape index (κ2) is 10.3.